The van der Waals surface area contributed by atoms with Crippen LogP contribution >= 0.6 is 11.8 Å². The number of carbonyl (C=O) groups is 2. The van der Waals surface area contributed by atoms with Gasteiger partial charge in [0.15, 0.2) is 11.0 Å². The fraction of sp³-hybridized carbons (Fsp3) is 0.440. The molecule has 0 spiro atoms. The first-order chi connectivity index (χ1) is 14.4. The minimum Gasteiger partial charge on any atom is -0.508 e. The molecule has 0 amide bonds. The van der Waals surface area contributed by atoms with Gasteiger partial charge in [-0.05, 0) is 73.1 Å². The van der Waals surface area contributed by atoms with Crippen LogP contribution in [0.25, 0.3) is 0 Å². The van der Waals surface area contributed by atoms with Crippen molar-refractivity contribution in [1.82, 2.24) is 0 Å². The molecule has 1 aliphatic heterocycles. The summed E-state index contributed by atoms with van der Waals surface area (Å²) in [7, 11) is 0. The first kappa shape index (κ1) is 23.2. The summed E-state index contributed by atoms with van der Waals surface area (Å²) in [5.41, 5.74) is 8.77. The molecular weight excluding hydrogens is 410 g/mol. The van der Waals surface area contributed by atoms with Crippen LogP contribution < -0.4 is 5.73 Å². The fourth-order valence-electron chi connectivity index (χ4n) is 3.76. The second-order valence-electron chi connectivity index (χ2n) is 9.63. The Kier molecular flexibility index (Phi) is 6.42. The van der Waals surface area contributed by atoms with Crippen LogP contribution in [0, 0.1) is 6.92 Å². The summed E-state index contributed by atoms with van der Waals surface area (Å²) in [6.45, 7) is 10.00. The fourth-order valence-corrected chi connectivity index (χ4v) is 5.11. The van der Waals surface area contributed by atoms with Crippen molar-refractivity contribution in [2.24, 2.45) is 0 Å². The molecule has 2 atom stereocenters. The van der Waals surface area contributed by atoms with Crippen molar-refractivity contribution >= 4 is 29.2 Å². The van der Waals surface area contributed by atoms with E-state index in [2.05, 4.69) is 20.8 Å². The molecule has 1 aliphatic rings. The standard InChI is InChI=1S/C25H31NO4S/c1-15-12-21(18(13-19(15)26)24(2,3)4)31-22-20(28)14-25(5,30-23(22)29)11-10-16-6-8-17(27)9-7-16/h6-9,12-13,22,27H,10-11,14,26H2,1-5H3. The second kappa shape index (κ2) is 8.58. The number of benzene rings is 2. The van der Waals surface area contributed by atoms with E-state index in [4.69, 9.17) is 10.5 Å². The monoisotopic (exact) mass is 441 g/mol. The Labute approximate surface area is 188 Å². The number of hydrogen-bond acceptors (Lipinski definition) is 6. The van der Waals surface area contributed by atoms with Gasteiger partial charge >= 0.3 is 5.97 Å². The smallest absolute Gasteiger partial charge is 0.327 e. The predicted molar refractivity (Wildman–Crippen MR) is 124 cm³/mol. The summed E-state index contributed by atoms with van der Waals surface area (Å²) in [5, 5.41) is 8.55. The number of aromatic hydroxyl groups is 1. The zero-order valence-electron chi connectivity index (χ0n) is 18.8. The maximum absolute atomic E-state index is 13.0. The number of Topliss-reactive ketones (excluding diaryl/α,β-unsaturated/α-hetero) is 1. The zero-order chi connectivity index (χ0) is 23.0. The SMILES string of the molecule is Cc1cc(SC2C(=O)CC(C)(CCc3ccc(O)cc3)OC2=O)c(C(C)(C)C)cc1N. The number of rotatable bonds is 5. The highest BCUT2D eigenvalue weighted by molar-refractivity contribution is 8.01. The van der Waals surface area contributed by atoms with E-state index in [1.165, 1.54) is 11.8 Å². The molecule has 6 heteroatoms. The molecule has 31 heavy (non-hydrogen) atoms. The number of phenols is 1. The molecule has 1 heterocycles. The Morgan fingerprint density at radius 3 is 2.42 bits per heavy atom. The molecule has 0 aromatic heterocycles. The number of esters is 1. The summed E-state index contributed by atoms with van der Waals surface area (Å²) in [5.74, 6) is -0.380. The molecule has 0 bridgehead atoms. The molecule has 0 saturated carbocycles. The molecule has 5 nitrogen and oxygen atoms in total. The van der Waals surface area contributed by atoms with Gasteiger partial charge in [0, 0.05) is 17.0 Å². The van der Waals surface area contributed by atoms with Crippen LogP contribution in [0.4, 0.5) is 5.69 Å². The minimum absolute atomic E-state index is 0.108. The summed E-state index contributed by atoms with van der Waals surface area (Å²) in [6, 6.07) is 10.8. The van der Waals surface area contributed by atoms with Crippen LogP contribution in [0.15, 0.2) is 41.3 Å². The Hall–Kier alpha value is -2.47. The predicted octanol–water partition coefficient (Wildman–Crippen LogP) is 4.95. The van der Waals surface area contributed by atoms with E-state index in [0.29, 0.717) is 18.5 Å². The van der Waals surface area contributed by atoms with E-state index in [9.17, 15) is 14.7 Å². The van der Waals surface area contributed by atoms with Gasteiger partial charge in [0.05, 0.1) is 0 Å². The summed E-state index contributed by atoms with van der Waals surface area (Å²) < 4.78 is 5.80. The number of hydrogen-bond donors (Lipinski definition) is 2. The number of aryl methyl sites for hydroxylation is 2. The van der Waals surface area contributed by atoms with Gasteiger partial charge in [-0.2, -0.15) is 0 Å². The van der Waals surface area contributed by atoms with E-state index in [-0.39, 0.29) is 23.4 Å². The third kappa shape index (κ3) is 5.42. The average molecular weight is 442 g/mol. The van der Waals surface area contributed by atoms with Crippen molar-refractivity contribution in [2.45, 2.75) is 75.0 Å². The molecule has 3 N–H and O–H groups in total. The maximum atomic E-state index is 13.0. The molecule has 0 radical (unpaired) electrons. The molecule has 2 unspecified atom stereocenters. The van der Waals surface area contributed by atoms with Crippen molar-refractivity contribution in [3.63, 3.8) is 0 Å². The van der Waals surface area contributed by atoms with Gasteiger partial charge in [0.1, 0.15) is 11.4 Å². The van der Waals surface area contributed by atoms with Gasteiger partial charge in [-0.15, -0.1) is 11.8 Å². The first-order valence-electron chi connectivity index (χ1n) is 10.5. The van der Waals surface area contributed by atoms with Crippen LogP contribution in [0.3, 0.4) is 0 Å². The van der Waals surface area contributed by atoms with E-state index in [1.807, 2.05) is 38.1 Å². The number of thioether (sulfide) groups is 1. The lowest BCUT2D eigenvalue weighted by Gasteiger charge is -2.36. The van der Waals surface area contributed by atoms with Gasteiger partial charge in [-0.3, -0.25) is 9.59 Å². The Morgan fingerprint density at radius 1 is 1.19 bits per heavy atom. The normalized spacial score (nSPS) is 21.8. The highest BCUT2D eigenvalue weighted by atomic mass is 32.2. The van der Waals surface area contributed by atoms with Crippen LogP contribution in [0.2, 0.25) is 0 Å². The topological polar surface area (TPSA) is 89.6 Å². The van der Waals surface area contributed by atoms with Gasteiger partial charge in [-0.1, -0.05) is 32.9 Å². The molecular formula is C25H31NO4S. The van der Waals surface area contributed by atoms with Crippen LogP contribution in [-0.2, 0) is 26.2 Å². The van der Waals surface area contributed by atoms with Crippen LogP contribution in [0.1, 0.15) is 57.2 Å². The number of anilines is 1. The first-order valence-corrected chi connectivity index (χ1v) is 11.4. The highest BCUT2D eigenvalue weighted by Crippen LogP contribution is 2.41. The molecule has 3 rings (SSSR count). The van der Waals surface area contributed by atoms with Crippen molar-refractivity contribution in [3.8, 4) is 5.75 Å². The number of ketones is 1. The van der Waals surface area contributed by atoms with Crippen molar-refractivity contribution in [1.29, 1.82) is 0 Å². The Balaban J connectivity index is 1.75. The largest absolute Gasteiger partial charge is 0.508 e. The number of ether oxygens (including phenoxy) is 1. The number of nitrogens with two attached hydrogens (primary N) is 1. The highest BCUT2D eigenvalue weighted by Gasteiger charge is 2.44. The van der Waals surface area contributed by atoms with Crippen molar-refractivity contribution in [3.05, 3.63) is 53.1 Å². The third-order valence-corrected chi connectivity index (χ3v) is 6.98. The lowest BCUT2D eigenvalue weighted by Crippen LogP contribution is -2.47. The van der Waals surface area contributed by atoms with Gasteiger partial charge in [0.2, 0.25) is 0 Å². The van der Waals surface area contributed by atoms with Crippen LogP contribution in [0.5, 0.6) is 5.75 Å². The average Bonchev–Trinajstić information content (AvgIpc) is 2.66. The van der Waals surface area contributed by atoms with Crippen molar-refractivity contribution in [2.75, 3.05) is 5.73 Å². The maximum Gasteiger partial charge on any atom is 0.327 e. The lowest BCUT2D eigenvalue weighted by molar-refractivity contribution is -0.167. The molecule has 166 valence electrons. The van der Waals surface area contributed by atoms with Gasteiger partial charge < -0.3 is 15.6 Å². The summed E-state index contributed by atoms with van der Waals surface area (Å²) >= 11 is 1.27. The van der Waals surface area contributed by atoms with Gasteiger partial charge in [0.25, 0.3) is 0 Å². The van der Waals surface area contributed by atoms with E-state index in [0.717, 1.165) is 21.6 Å². The third-order valence-electron chi connectivity index (χ3n) is 5.70. The Morgan fingerprint density at radius 2 is 1.84 bits per heavy atom. The van der Waals surface area contributed by atoms with E-state index < -0.39 is 16.8 Å². The van der Waals surface area contributed by atoms with Crippen LogP contribution in [-0.4, -0.2) is 27.7 Å². The van der Waals surface area contributed by atoms with Crippen molar-refractivity contribution < 1.29 is 19.4 Å². The lowest BCUT2D eigenvalue weighted by atomic mass is 9.86. The molecule has 1 saturated heterocycles. The second-order valence-corrected chi connectivity index (χ2v) is 10.8. The number of cyclic esters (lactones) is 1. The molecule has 2 aromatic rings. The number of phenolic OH excluding ortho intramolecular Hbond substituents is 1. The summed E-state index contributed by atoms with van der Waals surface area (Å²) in [4.78, 5) is 26.8. The summed E-state index contributed by atoms with van der Waals surface area (Å²) in [6.07, 6.45) is 1.38. The molecule has 1 fully saturated rings. The quantitative estimate of drug-likeness (QED) is 0.388. The number of nitrogen functional groups attached to an aromatic ring is 1. The molecule has 2 aromatic carbocycles. The number of carbonyl (C=O) groups excluding carboxylic acids is 2. The van der Waals surface area contributed by atoms with E-state index in [1.54, 1.807) is 12.1 Å². The zero-order valence-corrected chi connectivity index (χ0v) is 19.6. The van der Waals surface area contributed by atoms with Gasteiger partial charge in [-0.25, -0.2) is 0 Å². The molecule has 0 aliphatic carbocycles. The van der Waals surface area contributed by atoms with E-state index >= 15 is 0 Å². The minimum atomic E-state index is -0.870. The Bertz CT molecular complexity index is 974.